The Bertz CT molecular complexity index is 431. The average molecular weight is 279 g/mol. The van der Waals surface area contributed by atoms with E-state index in [-0.39, 0.29) is 11.3 Å². The third kappa shape index (κ3) is 3.56. The van der Waals surface area contributed by atoms with Gasteiger partial charge in [0.05, 0.1) is 5.41 Å². The van der Waals surface area contributed by atoms with Crippen molar-refractivity contribution in [3.8, 4) is 0 Å². The van der Waals surface area contributed by atoms with Crippen molar-refractivity contribution in [1.82, 2.24) is 25.4 Å². The van der Waals surface area contributed by atoms with Gasteiger partial charge in [-0.25, -0.2) is 4.98 Å². The lowest BCUT2D eigenvalue weighted by atomic mass is 9.76. The number of hydrogen-bond donors (Lipinski definition) is 2. The molecule has 2 heterocycles. The summed E-state index contributed by atoms with van der Waals surface area (Å²) in [6, 6.07) is 0. The van der Waals surface area contributed by atoms with Crippen molar-refractivity contribution in [2.45, 2.75) is 39.0 Å². The Hall–Kier alpha value is -1.43. The SMILES string of the molecule is CCCC1(C(=O)NCCc2ncn(C)n2)CCCNC1. The smallest absolute Gasteiger partial charge is 0.227 e. The zero-order valence-corrected chi connectivity index (χ0v) is 12.5. The standard InChI is InChI=1S/C14H25N5O/c1-3-6-14(7-4-8-15-10-14)13(20)16-9-5-12-17-11-19(2)18-12/h11,15H,3-10H2,1-2H3,(H,16,20). The molecule has 0 aliphatic carbocycles. The number of nitrogens with one attached hydrogen (secondary N) is 2. The Morgan fingerprint density at radius 1 is 1.60 bits per heavy atom. The van der Waals surface area contributed by atoms with Gasteiger partial charge in [-0.1, -0.05) is 13.3 Å². The van der Waals surface area contributed by atoms with Gasteiger partial charge in [-0.05, 0) is 25.8 Å². The minimum atomic E-state index is -0.218. The molecule has 0 bridgehead atoms. The molecular weight excluding hydrogens is 254 g/mol. The van der Waals surface area contributed by atoms with Crippen LogP contribution in [-0.4, -0.2) is 40.3 Å². The van der Waals surface area contributed by atoms with Crippen molar-refractivity contribution in [1.29, 1.82) is 0 Å². The molecular formula is C14H25N5O. The van der Waals surface area contributed by atoms with Crippen molar-refractivity contribution in [3.05, 3.63) is 12.2 Å². The molecule has 1 unspecified atom stereocenters. The van der Waals surface area contributed by atoms with E-state index in [0.29, 0.717) is 13.0 Å². The highest BCUT2D eigenvalue weighted by atomic mass is 16.2. The van der Waals surface area contributed by atoms with Gasteiger partial charge in [0.25, 0.3) is 0 Å². The van der Waals surface area contributed by atoms with Crippen molar-refractivity contribution >= 4 is 5.91 Å². The number of carbonyl (C=O) groups is 1. The second-order valence-electron chi connectivity index (χ2n) is 5.65. The van der Waals surface area contributed by atoms with Crippen LogP contribution in [0.1, 0.15) is 38.4 Å². The van der Waals surface area contributed by atoms with Gasteiger partial charge in [-0.3, -0.25) is 9.48 Å². The van der Waals surface area contributed by atoms with E-state index >= 15 is 0 Å². The molecule has 20 heavy (non-hydrogen) atoms. The molecule has 0 spiro atoms. The molecule has 0 saturated carbocycles. The molecule has 2 rings (SSSR count). The zero-order chi connectivity index (χ0) is 14.4. The van der Waals surface area contributed by atoms with Crippen LogP contribution in [0, 0.1) is 5.41 Å². The summed E-state index contributed by atoms with van der Waals surface area (Å²) in [7, 11) is 1.85. The first-order chi connectivity index (χ1) is 9.66. The van der Waals surface area contributed by atoms with E-state index in [1.165, 1.54) is 0 Å². The summed E-state index contributed by atoms with van der Waals surface area (Å²) in [6.07, 6.45) is 6.42. The molecule has 1 aromatic rings. The molecule has 6 heteroatoms. The van der Waals surface area contributed by atoms with E-state index in [1.807, 2.05) is 7.05 Å². The second kappa shape index (κ2) is 6.83. The highest BCUT2D eigenvalue weighted by molar-refractivity contribution is 5.83. The Balaban J connectivity index is 1.85. The van der Waals surface area contributed by atoms with Crippen molar-refractivity contribution in [3.63, 3.8) is 0 Å². The molecule has 6 nitrogen and oxygen atoms in total. The fourth-order valence-corrected chi connectivity index (χ4v) is 2.94. The van der Waals surface area contributed by atoms with Crippen LogP contribution in [0.4, 0.5) is 0 Å². The summed E-state index contributed by atoms with van der Waals surface area (Å²) in [4.78, 5) is 16.7. The number of hydrogen-bond acceptors (Lipinski definition) is 4. The van der Waals surface area contributed by atoms with Gasteiger partial charge in [0, 0.05) is 26.6 Å². The fraction of sp³-hybridized carbons (Fsp3) is 0.786. The first kappa shape index (κ1) is 15.0. The summed E-state index contributed by atoms with van der Waals surface area (Å²) in [6.45, 7) is 4.57. The minimum absolute atomic E-state index is 0.183. The molecule has 0 aromatic carbocycles. The largest absolute Gasteiger partial charge is 0.355 e. The summed E-state index contributed by atoms with van der Waals surface area (Å²) in [5, 5.41) is 10.6. The van der Waals surface area contributed by atoms with E-state index in [9.17, 15) is 4.79 Å². The van der Waals surface area contributed by atoms with Crippen LogP contribution in [-0.2, 0) is 18.3 Å². The highest BCUT2D eigenvalue weighted by Crippen LogP contribution is 2.31. The monoisotopic (exact) mass is 279 g/mol. The van der Waals surface area contributed by atoms with Crippen molar-refractivity contribution in [2.24, 2.45) is 12.5 Å². The molecule has 1 aliphatic heterocycles. The lowest BCUT2D eigenvalue weighted by molar-refractivity contribution is -0.132. The van der Waals surface area contributed by atoms with Crippen molar-refractivity contribution in [2.75, 3.05) is 19.6 Å². The van der Waals surface area contributed by atoms with E-state index in [4.69, 9.17) is 0 Å². The van der Waals surface area contributed by atoms with Crippen LogP contribution in [0.25, 0.3) is 0 Å². The molecule has 1 aliphatic rings. The lowest BCUT2D eigenvalue weighted by Gasteiger charge is -2.36. The van der Waals surface area contributed by atoms with Crippen molar-refractivity contribution < 1.29 is 4.79 Å². The van der Waals surface area contributed by atoms with Crippen LogP contribution >= 0.6 is 0 Å². The molecule has 1 atom stereocenters. The van der Waals surface area contributed by atoms with Gasteiger partial charge in [0.1, 0.15) is 6.33 Å². The molecule has 1 amide bonds. The third-order valence-electron chi connectivity index (χ3n) is 3.96. The molecule has 0 radical (unpaired) electrons. The number of aromatic nitrogens is 3. The van der Waals surface area contributed by atoms with Crippen LogP contribution in [0.5, 0.6) is 0 Å². The maximum atomic E-state index is 12.5. The van der Waals surface area contributed by atoms with E-state index in [0.717, 1.165) is 44.6 Å². The minimum Gasteiger partial charge on any atom is -0.355 e. The molecule has 1 aromatic heterocycles. The quantitative estimate of drug-likeness (QED) is 0.802. The van der Waals surface area contributed by atoms with E-state index in [2.05, 4.69) is 27.6 Å². The van der Waals surface area contributed by atoms with Crippen LogP contribution < -0.4 is 10.6 Å². The fourth-order valence-electron chi connectivity index (χ4n) is 2.94. The molecule has 112 valence electrons. The topological polar surface area (TPSA) is 71.8 Å². The number of rotatable bonds is 6. The van der Waals surface area contributed by atoms with Gasteiger partial charge in [-0.15, -0.1) is 0 Å². The lowest BCUT2D eigenvalue weighted by Crippen LogP contribution is -2.50. The Morgan fingerprint density at radius 2 is 2.45 bits per heavy atom. The third-order valence-corrected chi connectivity index (χ3v) is 3.96. The number of carbonyl (C=O) groups excluding carboxylic acids is 1. The van der Waals surface area contributed by atoms with Gasteiger partial charge < -0.3 is 10.6 Å². The first-order valence-corrected chi connectivity index (χ1v) is 7.50. The summed E-state index contributed by atoms with van der Waals surface area (Å²) < 4.78 is 1.68. The predicted molar refractivity (Wildman–Crippen MR) is 77.2 cm³/mol. The molecule has 1 fully saturated rings. The maximum Gasteiger partial charge on any atom is 0.227 e. The van der Waals surface area contributed by atoms with Gasteiger partial charge in [0.2, 0.25) is 5.91 Å². The molecule has 2 N–H and O–H groups in total. The highest BCUT2D eigenvalue weighted by Gasteiger charge is 2.38. The van der Waals surface area contributed by atoms with Crippen LogP contribution in [0.15, 0.2) is 6.33 Å². The predicted octanol–water partition coefficient (Wildman–Crippen LogP) is 0.644. The average Bonchev–Trinajstić information content (AvgIpc) is 2.86. The Kier molecular flexibility index (Phi) is 5.11. The summed E-state index contributed by atoms with van der Waals surface area (Å²) >= 11 is 0. The van der Waals surface area contributed by atoms with Crippen LogP contribution in [0.2, 0.25) is 0 Å². The van der Waals surface area contributed by atoms with Crippen LogP contribution in [0.3, 0.4) is 0 Å². The van der Waals surface area contributed by atoms with Gasteiger partial charge in [-0.2, -0.15) is 5.10 Å². The Labute approximate surface area is 120 Å². The second-order valence-corrected chi connectivity index (χ2v) is 5.65. The zero-order valence-electron chi connectivity index (χ0n) is 12.5. The first-order valence-electron chi connectivity index (χ1n) is 7.50. The summed E-state index contributed by atoms with van der Waals surface area (Å²) in [5.41, 5.74) is -0.218. The maximum absolute atomic E-state index is 12.5. The number of aryl methyl sites for hydroxylation is 1. The number of amides is 1. The number of piperidine rings is 1. The van der Waals surface area contributed by atoms with Gasteiger partial charge >= 0.3 is 0 Å². The Morgan fingerprint density at radius 3 is 3.05 bits per heavy atom. The number of nitrogens with zero attached hydrogens (tertiary/aromatic N) is 3. The normalized spacial score (nSPS) is 22.7. The van der Waals surface area contributed by atoms with E-state index in [1.54, 1.807) is 11.0 Å². The summed E-state index contributed by atoms with van der Waals surface area (Å²) in [5.74, 6) is 0.960. The van der Waals surface area contributed by atoms with Gasteiger partial charge in [0.15, 0.2) is 5.82 Å². The molecule has 1 saturated heterocycles. The van der Waals surface area contributed by atoms with E-state index < -0.39 is 0 Å².